The van der Waals surface area contributed by atoms with E-state index < -0.39 is 0 Å². The molecular formula is C16H24BrN. The first-order valence-electron chi connectivity index (χ1n) is 7.09. The molecule has 1 saturated carbocycles. The third kappa shape index (κ3) is 3.36. The lowest BCUT2D eigenvalue weighted by Crippen LogP contribution is -2.41. The van der Waals surface area contributed by atoms with Crippen molar-refractivity contribution >= 4 is 15.9 Å². The van der Waals surface area contributed by atoms with Crippen molar-refractivity contribution in [1.29, 1.82) is 0 Å². The highest BCUT2D eigenvalue weighted by Crippen LogP contribution is 2.31. The van der Waals surface area contributed by atoms with Gasteiger partial charge in [0, 0.05) is 16.6 Å². The summed E-state index contributed by atoms with van der Waals surface area (Å²) < 4.78 is 1.17. The van der Waals surface area contributed by atoms with Gasteiger partial charge in [-0.05, 0) is 42.9 Å². The first kappa shape index (κ1) is 14.1. The van der Waals surface area contributed by atoms with Crippen LogP contribution in [0.25, 0.3) is 0 Å². The van der Waals surface area contributed by atoms with Crippen molar-refractivity contribution in [3.8, 4) is 0 Å². The molecule has 1 aromatic carbocycles. The molecule has 0 bridgehead atoms. The van der Waals surface area contributed by atoms with E-state index >= 15 is 0 Å². The van der Waals surface area contributed by atoms with Gasteiger partial charge in [-0.15, -0.1) is 0 Å². The fourth-order valence-corrected chi connectivity index (χ4v) is 3.43. The molecule has 1 N–H and O–H groups in total. The third-order valence-electron chi connectivity index (χ3n) is 4.52. The van der Waals surface area contributed by atoms with Gasteiger partial charge < -0.3 is 5.32 Å². The maximum atomic E-state index is 3.82. The second-order valence-electron chi connectivity index (χ2n) is 5.82. The minimum Gasteiger partial charge on any atom is -0.307 e. The van der Waals surface area contributed by atoms with Crippen molar-refractivity contribution in [2.24, 2.45) is 11.8 Å². The molecule has 2 rings (SSSR count). The Morgan fingerprint density at radius 2 is 2.06 bits per heavy atom. The van der Waals surface area contributed by atoms with Crippen LogP contribution in [-0.4, -0.2) is 6.04 Å². The summed E-state index contributed by atoms with van der Waals surface area (Å²) in [6, 6.07) is 9.72. The van der Waals surface area contributed by atoms with Crippen LogP contribution in [0.2, 0.25) is 0 Å². The van der Waals surface area contributed by atoms with Crippen molar-refractivity contribution in [1.82, 2.24) is 5.32 Å². The van der Waals surface area contributed by atoms with Gasteiger partial charge in [0.2, 0.25) is 0 Å². The van der Waals surface area contributed by atoms with E-state index in [2.05, 4.69) is 66.3 Å². The number of nitrogens with one attached hydrogen (secondary N) is 1. The Labute approximate surface area is 119 Å². The maximum Gasteiger partial charge on any atom is 0.0294 e. The minimum absolute atomic E-state index is 0.431. The van der Waals surface area contributed by atoms with E-state index in [1.165, 1.54) is 29.3 Å². The van der Waals surface area contributed by atoms with Crippen LogP contribution in [0, 0.1) is 11.8 Å². The Morgan fingerprint density at radius 3 is 2.78 bits per heavy atom. The SMILES string of the molecule is CC(NC1CCCC(C)C1C)c1cccc(Br)c1. The predicted octanol–water partition coefficient (Wildman–Crippen LogP) is 4.92. The second kappa shape index (κ2) is 6.21. The lowest BCUT2D eigenvalue weighted by atomic mass is 9.77. The summed E-state index contributed by atoms with van der Waals surface area (Å²) in [5, 5.41) is 3.82. The number of hydrogen-bond donors (Lipinski definition) is 1. The highest BCUT2D eigenvalue weighted by atomic mass is 79.9. The first-order valence-corrected chi connectivity index (χ1v) is 7.88. The summed E-state index contributed by atoms with van der Waals surface area (Å²) in [5.74, 6) is 1.64. The summed E-state index contributed by atoms with van der Waals surface area (Å²) in [6.07, 6.45) is 4.09. The fraction of sp³-hybridized carbons (Fsp3) is 0.625. The average molecular weight is 310 g/mol. The van der Waals surface area contributed by atoms with E-state index in [9.17, 15) is 0 Å². The average Bonchev–Trinajstić information content (AvgIpc) is 2.35. The van der Waals surface area contributed by atoms with E-state index in [1.54, 1.807) is 0 Å². The quantitative estimate of drug-likeness (QED) is 0.835. The smallest absolute Gasteiger partial charge is 0.0294 e. The number of halogens is 1. The highest BCUT2D eigenvalue weighted by molar-refractivity contribution is 9.10. The predicted molar refractivity (Wildman–Crippen MR) is 81.7 cm³/mol. The lowest BCUT2D eigenvalue weighted by molar-refractivity contribution is 0.196. The van der Waals surface area contributed by atoms with Crippen LogP contribution < -0.4 is 5.32 Å². The second-order valence-corrected chi connectivity index (χ2v) is 6.73. The van der Waals surface area contributed by atoms with Crippen molar-refractivity contribution in [3.05, 3.63) is 34.3 Å². The molecule has 0 amide bonds. The largest absolute Gasteiger partial charge is 0.307 e. The topological polar surface area (TPSA) is 12.0 Å². The van der Waals surface area contributed by atoms with Crippen LogP contribution in [0.1, 0.15) is 51.6 Å². The molecule has 1 nitrogen and oxygen atoms in total. The van der Waals surface area contributed by atoms with Gasteiger partial charge in [-0.3, -0.25) is 0 Å². The molecule has 2 heteroatoms. The van der Waals surface area contributed by atoms with Crippen LogP contribution >= 0.6 is 15.9 Å². The Kier molecular flexibility index (Phi) is 4.85. The summed E-state index contributed by atoms with van der Waals surface area (Å²) in [7, 11) is 0. The van der Waals surface area contributed by atoms with E-state index in [4.69, 9.17) is 0 Å². The molecule has 1 aliphatic carbocycles. The van der Waals surface area contributed by atoms with Gasteiger partial charge in [0.05, 0.1) is 0 Å². The van der Waals surface area contributed by atoms with Crippen LogP contribution in [0.3, 0.4) is 0 Å². The Balaban J connectivity index is 2.00. The summed E-state index contributed by atoms with van der Waals surface area (Å²) in [6.45, 7) is 7.06. The highest BCUT2D eigenvalue weighted by Gasteiger charge is 2.27. The number of benzene rings is 1. The zero-order valence-electron chi connectivity index (χ0n) is 11.6. The molecule has 1 aromatic rings. The molecular weight excluding hydrogens is 286 g/mol. The molecule has 4 unspecified atom stereocenters. The molecule has 0 heterocycles. The molecule has 100 valence electrons. The molecule has 0 saturated heterocycles. The molecule has 18 heavy (non-hydrogen) atoms. The molecule has 0 aromatic heterocycles. The van der Waals surface area contributed by atoms with Crippen molar-refractivity contribution in [3.63, 3.8) is 0 Å². The lowest BCUT2D eigenvalue weighted by Gasteiger charge is -2.36. The van der Waals surface area contributed by atoms with Gasteiger partial charge in [0.25, 0.3) is 0 Å². The van der Waals surface area contributed by atoms with Crippen molar-refractivity contribution < 1.29 is 0 Å². The maximum absolute atomic E-state index is 3.82. The summed E-state index contributed by atoms with van der Waals surface area (Å²) in [5.41, 5.74) is 1.37. The molecule has 4 atom stereocenters. The van der Waals surface area contributed by atoms with Crippen LogP contribution in [0.15, 0.2) is 28.7 Å². The third-order valence-corrected chi connectivity index (χ3v) is 5.01. The van der Waals surface area contributed by atoms with Crippen molar-refractivity contribution in [2.45, 2.75) is 52.1 Å². The standard InChI is InChI=1S/C16H24BrN/c1-11-6-4-9-16(12(11)2)18-13(3)14-7-5-8-15(17)10-14/h5,7-8,10-13,16,18H,4,6,9H2,1-3H3. The minimum atomic E-state index is 0.431. The number of rotatable bonds is 3. The normalized spacial score (nSPS) is 30.1. The van der Waals surface area contributed by atoms with Gasteiger partial charge in [-0.2, -0.15) is 0 Å². The Morgan fingerprint density at radius 1 is 1.28 bits per heavy atom. The van der Waals surface area contributed by atoms with Gasteiger partial charge in [-0.25, -0.2) is 0 Å². The van der Waals surface area contributed by atoms with Gasteiger partial charge in [0.15, 0.2) is 0 Å². The molecule has 1 fully saturated rings. The van der Waals surface area contributed by atoms with E-state index in [-0.39, 0.29) is 0 Å². The van der Waals surface area contributed by atoms with Crippen LogP contribution in [0.5, 0.6) is 0 Å². The monoisotopic (exact) mass is 309 g/mol. The molecule has 0 radical (unpaired) electrons. The van der Waals surface area contributed by atoms with Gasteiger partial charge >= 0.3 is 0 Å². The van der Waals surface area contributed by atoms with Gasteiger partial charge in [0.1, 0.15) is 0 Å². The summed E-state index contributed by atoms with van der Waals surface area (Å²) in [4.78, 5) is 0. The van der Waals surface area contributed by atoms with Crippen LogP contribution in [-0.2, 0) is 0 Å². The number of hydrogen-bond acceptors (Lipinski definition) is 1. The Bertz CT molecular complexity index is 390. The molecule has 0 spiro atoms. The Hall–Kier alpha value is -0.340. The van der Waals surface area contributed by atoms with E-state index in [0.717, 1.165) is 11.8 Å². The molecule has 0 aliphatic heterocycles. The van der Waals surface area contributed by atoms with E-state index in [0.29, 0.717) is 12.1 Å². The first-order chi connectivity index (χ1) is 8.58. The van der Waals surface area contributed by atoms with E-state index in [1.807, 2.05) is 0 Å². The molecule has 1 aliphatic rings. The van der Waals surface area contributed by atoms with Crippen LogP contribution in [0.4, 0.5) is 0 Å². The zero-order valence-corrected chi connectivity index (χ0v) is 13.2. The fourth-order valence-electron chi connectivity index (χ4n) is 3.01. The van der Waals surface area contributed by atoms with Crippen molar-refractivity contribution in [2.75, 3.05) is 0 Å². The van der Waals surface area contributed by atoms with Gasteiger partial charge in [-0.1, -0.05) is 54.8 Å². The zero-order chi connectivity index (χ0) is 13.1. The summed E-state index contributed by atoms with van der Waals surface area (Å²) >= 11 is 3.55.